The van der Waals surface area contributed by atoms with E-state index in [1.54, 1.807) is 45.7 Å². The number of thiazole rings is 1. The summed E-state index contributed by atoms with van der Waals surface area (Å²) >= 11 is 1.42. The van der Waals surface area contributed by atoms with E-state index in [1.807, 2.05) is 6.92 Å². The topological polar surface area (TPSA) is 69.7 Å². The minimum Gasteiger partial charge on any atom is -0.496 e. The van der Waals surface area contributed by atoms with Crippen molar-refractivity contribution in [2.75, 3.05) is 26.6 Å². The molecule has 0 fully saturated rings. The Balaban J connectivity index is 2.18. The molecule has 122 valence electrons. The summed E-state index contributed by atoms with van der Waals surface area (Å²) in [5, 5.41) is 3.27. The van der Waals surface area contributed by atoms with E-state index in [1.165, 1.54) is 17.4 Å². The molecule has 0 aliphatic rings. The fraction of sp³-hybridized carbons (Fsp3) is 0.250. The lowest BCUT2D eigenvalue weighted by Crippen LogP contribution is -2.07. The molecule has 6 nitrogen and oxygen atoms in total. The molecular weight excluding hydrogens is 316 g/mol. The van der Waals surface area contributed by atoms with E-state index in [-0.39, 0.29) is 5.91 Å². The maximum Gasteiger partial charge on any atom is 0.250 e. The second-order valence-corrected chi connectivity index (χ2v) is 5.78. The average molecular weight is 334 g/mol. The molecule has 1 N–H and O–H groups in total. The molecule has 1 heterocycles. The minimum atomic E-state index is -0.267. The third kappa shape index (κ3) is 4.23. The Morgan fingerprint density at radius 1 is 1.13 bits per heavy atom. The lowest BCUT2D eigenvalue weighted by molar-refractivity contribution is -0.111. The number of carbonyl (C=O) groups is 1. The zero-order valence-electron chi connectivity index (χ0n) is 13.4. The Kier molecular flexibility index (Phi) is 5.59. The molecule has 0 unspecified atom stereocenters. The van der Waals surface area contributed by atoms with Gasteiger partial charge >= 0.3 is 0 Å². The molecule has 7 heteroatoms. The molecule has 1 aromatic carbocycles. The van der Waals surface area contributed by atoms with Gasteiger partial charge in [-0.25, -0.2) is 4.98 Å². The molecule has 2 rings (SSSR count). The van der Waals surface area contributed by atoms with E-state index < -0.39 is 0 Å². The van der Waals surface area contributed by atoms with Gasteiger partial charge in [0.1, 0.15) is 5.75 Å². The number of hydrogen-bond donors (Lipinski definition) is 1. The number of anilines is 1. The summed E-state index contributed by atoms with van der Waals surface area (Å²) in [6.07, 6.45) is 4.78. The number of methoxy groups -OCH3 is 3. The average Bonchev–Trinajstić information content (AvgIpc) is 2.96. The van der Waals surface area contributed by atoms with Crippen LogP contribution in [0, 0.1) is 6.92 Å². The lowest BCUT2D eigenvalue weighted by atomic mass is 10.1. The molecule has 0 saturated carbocycles. The smallest absolute Gasteiger partial charge is 0.250 e. The van der Waals surface area contributed by atoms with Gasteiger partial charge in [0, 0.05) is 28.8 Å². The Morgan fingerprint density at radius 3 is 2.35 bits per heavy atom. The summed E-state index contributed by atoms with van der Waals surface area (Å²) in [7, 11) is 4.66. The highest BCUT2D eigenvalue weighted by molar-refractivity contribution is 7.15. The van der Waals surface area contributed by atoms with E-state index in [0.717, 1.165) is 4.88 Å². The zero-order valence-corrected chi connectivity index (χ0v) is 14.2. The van der Waals surface area contributed by atoms with Crippen LogP contribution in [0.5, 0.6) is 17.2 Å². The molecule has 0 atom stereocenters. The van der Waals surface area contributed by atoms with Crippen LogP contribution in [0.4, 0.5) is 5.13 Å². The van der Waals surface area contributed by atoms with Crippen molar-refractivity contribution in [2.24, 2.45) is 0 Å². The van der Waals surface area contributed by atoms with Crippen LogP contribution in [0.25, 0.3) is 6.08 Å². The van der Waals surface area contributed by atoms with Crippen LogP contribution < -0.4 is 19.5 Å². The van der Waals surface area contributed by atoms with Gasteiger partial charge in [-0.3, -0.25) is 10.1 Å². The Morgan fingerprint density at radius 2 is 1.78 bits per heavy atom. The number of benzene rings is 1. The Hall–Kier alpha value is -2.54. The van der Waals surface area contributed by atoms with Crippen molar-refractivity contribution in [3.63, 3.8) is 0 Å². The predicted octanol–water partition coefficient (Wildman–Crippen LogP) is 3.13. The van der Waals surface area contributed by atoms with Crippen LogP contribution in [0.1, 0.15) is 10.4 Å². The first-order valence-electron chi connectivity index (χ1n) is 6.79. The molecule has 2 aromatic rings. The van der Waals surface area contributed by atoms with Crippen molar-refractivity contribution >= 4 is 28.5 Å². The van der Waals surface area contributed by atoms with Gasteiger partial charge in [0.25, 0.3) is 0 Å². The lowest BCUT2D eigenvalue weighted by Gasteiger charge is -2.12. The highest BCUT2D eigenvalue weighted by Gasteiger charge is 2.10. The number of aromatic nitrogens is 1. The van der Waals surface area contributed by atoms with Gasteiger partial charge in [-0.2, -0.15) is 0 Å². The number of carbonyl (C=O) groups excluding carboxylic acids is 1. The fourth-order valence-electron chi connectivity index (χ4n) is 1.91. The van der Waals surface area contributed by atoms with E-state index in [9.17, 15) is 4.79 Å². The molecule has 1 aromatic heterocycles. The molecule has 23 heavy (non-hydrogen) atoms. The van der Waals surface area contributed by atoms with Gasteiger partial charge < -0.3 is 14.2 Å². The summed E-state index contributed by atoms with van der Waals surface area (Å²) in [4.78, 5) is 17.1. The second-order valence-electron chi connectivity index (χ2n) is 4.55. The molecule has 0 aliphatic heterocycles. The first-order chi connectivity index (χ1) is 11.1. The quantitative estimate of drug-likeness (QED) is 0.822. The first-order valence-corrected chi connectivity index (χ1v) is 7.60. The van der Waals surface area contributed by atoms with Gasteiger partial charge in [-0.05, 0) is 19.1 Å². The van der Waals surface area contributed by atoms with Crippen LogP contribution in [0.15, 0.2) is 24.4 Å². The molecule has 0 saturated heterocycles. The monoisotopic (exact) mass is 334 g/mol. The number of amides is 1. The number of nitrogens with one attached hydrogen (secondary N) is 1. The van der Waals surface area contributed by atoms with Crippen molar-refractivity contribution < 1.29 is 19.0 Å². The molecule has 0 bridgehead atoms. The largest absolute Gasteiger partial charge is 0.496 e. The van der Waals surface area contributed by atoms with Crippen molar-refractivity contribution in [2.45, 2.75) is 6.92 Å². The third-order valence-corrected chi connectivity index (χ3v) is 3.83. The highest BCUT2D eigenvalue weighted by Crippen LogP contribution is 2.35. The summed E-state index contributed by atoms with van der Waals surface area (Å²) in [6.45, 7) is 1.93. The van der Waals surface area contributed by atoms with Crippen LogP contribution in [-0.4, -0.2) is 32.2 Å². The van der Waals surface area contributed by atoms with Gasteiger partial charge in [0.15, 0.2) is 16.6 Å². The van der Waals surface area contributed by atoms with E-state index in [0.29, 0.717) is 27.9 Å². The Bertz CT molecular complexity index is 725. The minimum absolute atomic E-state index is 0.267. The molecular formula is C16H18N2O4S. The van der Waals surface area contributed by atoms with Gasteiger partial charge in [0.2, 0.25) is 5.91 Å². The van der Waals surface area contributed by atoms with E-state index >= 15 is 0 Å². The van der Waals surface area contributed by atoms with E-state index in [4.69, 9.17) is 14.2 Å². The van der Waals surface area contributed by atoms with Crippen LogP contribution >= 0.6 is 11.3 Å². The van der Waals surface area contributed by atoms with Gasteiger partial charge in [-0.1, -0.05) is 0 Å². The van der Waals surface area contributed by atoms with Gasteiger partial charge in [-0.15, -0.1) is 11.3 Å². The summed E-state index contributed by atoms with van der Waals surface area (Å²) in [5.41, 5.74) is 0.704. The number of ether oxygens (including phenoxy) is 3. The van der Waals surface area contributed by atoms with Crippen molar-refractivity contribution in [1.82, 2.24) is 4.98 Å². The number of nitrogens with zero attached hydrogens (tertiary/aromatic N) is 1. The van der Waals surface area contributed by atoms with Crippen LogP contribution in [-0.2, 0) is 4.79 Å². The second kappa shape index (κ2) is 7.64. The number of rotatable bonds is 6. The SMILES string of the molecule is COc1cc(OC)c(OC)cc1/C=C/C(=O)Nc1ncc(C)s1. The van der Waals surface area contributed by atoms with Crippen LogP contribution in [0.3, 0.4) is 0 Å². The maximum absolute atomic E-state index is 11.9. The summed E-state index contributed by atoms with van der Waals surface area (Å²) in [6, 6.07) is 3.45. The molecule has 0 radical (unpaired) electrons. The van der Waals surface area contributed by atoms with Gasteiger partial charge in [0.05, 0.1) is 21.3 Å². The van der Waals surface area contributed by atoms with E-state index in [2.05, 4.69) is 10.3 Å². The normalized spacial score (nSPS) is 10.6. The number of aryl methyl sites for hydroxylation is 1. The van der Waals surface area contributed by atoms with Crippen molar-refractivity contribution in [3.05, 3.63) is 34.8 Å². The summed E-state index contributed by atoms with van der Waals surface area (Å²) < 4.78 is 15.8. The molecule has 1 amide bonds. The highest BCUT2D eigenvalue weighted by atomic mass is 32.1. The summed E-state index contributed by atoms with van der Waals surface area (Å²) in [5.74, 6) is 1.43. The first kappa shape index (κ1) is 16.8. The molecule has 0 aliphatic carbocycles. The fourth-order valence-corrected chi connectivity index (χ4v) is 2.58. The zero-order chi connectivity index (χ0) is 16.8. The molecule has 0 spiro atoms. The standard InChI is InChI=1S/C16H18N2O4S/c1-10-9-17-16(23-10)18-15(19)6-5-11-7-13(21-3)14(22-4)8-12(11)20-2/h5-9H,1-4H3,(H,17,18,19)/b6-5+. The number of hydrogen-bond acceptors (Lipinski definition) is 6. The Labute approximate surface area is 138 Å². The maximum atomic E-state index is 11.9. The predicted molar refractivity (Wildman–Crippen MR) is 90.6 cm³/mol. The van der Waals surface area contributed by atoms with Crippen molar-refractivity contribution in [1.29, 1.82) is 0 Å². The van der Waals surface area contributed by atoms with Crippen molar-refractivity contribution in [3.8, 4) is 17.2 Å². The van der Waals surface area contributed by atoms with Crippen LogP contribution in [0.2, 0.25) is 0 Å². The third-order valence-electron chi connectivity index (χ3n) is 3.00.